The highest BCUT2D eigenvalue weighted by Gasteiger charge is 2.06. The lowest BCUT2D eigenvalue weighted by Crippen LogP contribution is -1.96. The van der Waals surface area contributed by atoms with Crippen LogP contribution in [0.25, 0.3) is 27.5 Å². The first-order valence-corrected chi connectivity index (χ1v) is 6.39. The van der Waals surface area contributed by atoms with Gasteiger partial charge in [0.05, 0.1) is 11.7 Å². The van der Waals surface area contributed by atoms with E-state index in [9.17, 15) is 0 Å². The number of aromatic nitrogens is 3. The van der Waals surface area contributed by atoms with Crippen LogP contribution in [-0.4, -0.2) is 14.5 Å². The van der Waals surface area contributed by atoms with Crippen LogP contribution in [0.5, 0.6) is 0 Å². The number of rotatable bonds is 1. The number of hydrogen-bond donors (Lipinski definition) is 1. The van der Waals surface area contributed by atoms with Crippen molar-refractivity contribution in [1.29, 1.82) is 0 Å². The minimum Gasteiger partial charge on any atom is -0.398 e. The van der Waals surface area contributed by atoms with E-state index in [0.717, 1.165) is 33.2 Å². The van der Waals surface area contributed by atoms with Crippen LogP contribution in [-0.2, 0) is 0 Å². The first-order chi connectivity index (χ1) is 9.83. The van der Waals surface area contributed by atoms with Crippen molar-refractivity contribution >= 4 is 27.4 Å². The normalized spacial score (nSPS) is 11.2. The molecule has 0 amide bonds. The summed E-state index contributed by atoms with van der Waals surface area (Å²) in [7, 11) is 0. The molecule has 3 aromatic heterocycles. The lowest BCUT2D eigenvalue weighted by atomic mass is 10.1. The SMILES string of the molecule is Nc1cccc2cc(-n3ccc4ccncc43)ncc12. The van der Waals surface area contributed by atoms with Crippen molar-refractivity contribution in [1.82, 2.24) is 14.5 Å². The van der Waals surface area contributed by atoms with E-state index in [4.69, 9.17) is 5.73 Å². The zero-order chi connectivity index (χ0) is 13.5. The molecule has 0 radical (unpaired) electrons. The van der Waals surface area contributed by atoms with Crippen LogP contribution in [0.3, 0.4) is 0 Å². The van der Waals surface area contributed by atoms with Gasteiger partial charge in [-0.15, -0.1) is 0 Å². The summed E-state index contributed by atoms with van der Waals surface area (Å²) in [5.74, 6) is 0.867. The molecule has 3 heterocycles. The predicted octanol–water partition coefficient (Wildman–Crippen LogP) is 3.16. The number of nitrogens with zero attached hydrogens (tertiary/aromatic N) is 3. The second kappa shape index (κ2) is 4.06. The fourth-order valence-corrected chi connectivity index (χ4v) is 2.49. The van der Waals surface area contributed by atoms with Crippen molar-refractivity contribution in [3.63, 3.8) is 0 Å². The van der Waals surface area contributed by atoms with Gasteiger partial charge >= 0.3 is 0 Å². The van der Waals surface area contributed by atoms with E-state index in [0.29, 0.717) is 0 Å². The molecule has 0 saturated heterocycles. The van der Waals surface area contributed by atoms with Gasteiger partial charge in [0.25, 0.3) is 0 Å². The summed E-state index contributed by atoms with van der Waals surface area (Å²) in [5.41, 5.74) is 7.75. The van der Waals surface area contributed by atoms with Crippen molar-refractivity contribution in [3.05, 3.63) is 61.2 Å². The van der Waals surface area contributed by atoms with E-state index in [1.165, 1.54) is 0 Å². The maximum absolute atomic E-state index is 5.96. The summed E-state index contributed by atoms with van der Waals surface area (Å²) in [5, 5.41) is 3.21. The first kappa shape index (κ1) is 11.0. The maximum Gasteiger partial charge on any atom is 0.137 e. The zero-order valence-electron chi connectivity index (χ0n) is 10.7. The highest BCUT2D eigenvalue weighted by molar-refractivity contribution is 5.93. The quantitative estimate of drug-likeness (QED) is 0.535. The lowest BCUT2D eigenvalue weighted by Gasteiger charge is -2.07. The van der Waals surface area contributed by atoms with Gasteiger partial charge in [-0.2, -0.15) is 0 Å². The first-order valence-electron chi connectivity index (χ1n) is 6.39. The molecule has 1 aromatic carbocycles. The molecule has 20 heavy (non-hydrogen) atoms. The molecule has 2 N–H and O–H groups in total. The van der Waals surface area contributed by atoms with Crippen LogP contribution in [0.1, 0.15) is 0 Å². The van der Waals surface area contributed by atoms with E-state index in [1.54, 1.807) is 6.20 Å². The molecule has 0 aliphatic rings. The summed E-state index contributed by atoms with van der Waals surface area (Å²) in [6.45, 7) is 0. The van der Waals surface area contributed by atoms with Gasteiger partial charge in [-0.05, 0) is 29.7 Å². The second-order valence-electron chi connectivity index (χ2n) is 4.73. The molecule has 4 nitrogen and oxygen atoms in total. The molecule has 4 rings (SSSR count). The van der Waals surface area contributed by atoms with Gasteiger partial charge in [-0.25, -0.2) is 4.98 Å². The molecule has 4 heteroatoms. The largest absolute Gasteiger partial charge is 0.398 e. The summed E-state index contributed by atoms with van der Waals surface area (Å²) in [6.07, 6.45) is 7.47. The third-order valence-electron chi connectivity index (χ3n) is 3.53. The van der Waals surface area contributed by atoms with Crippen molar-refractivity contribution in [2.75, 3.05) is 5.73 Å². The maximum atomic E-state index is 5.96. The van der Waals surface area contributed by atoms with Gasteiger partial charge in [0.15, 0.2) is 0 Å². The fraction of sp³-hybridized carbons (Fsp3) is 0. The van der Waals surface area contributed by atoms with Gasteiger partial charge in [0.2, 0.25) is 0 Å². The fourth-order valence-electron chi connectivity index (χ4n) is 2.49. The molecule has 0 spiro atoms. The Morgan fingerprint density at radius 1 is 1.00 bits per heavy atom. The highest BCUT2D eigenvalue weighted by Crippen LogP contribution is 2.24. The predicted molar refractivity (Wildman–Crippen MR) is 80.8 cm³/mol. The Kier molecular flexibility index (Phi) is 2.23. The van der Waals surface area contributed by atoms with Crippen LogP contribution in [0.2, 0.25) is 0 Å². The number of nitrogens with two attached hydrogens (primary N) is 1. The van der Waals surface area contributed by atoms with Crippen molar-refractivity contribution < 1.29 is 0 Å². The van der Waals surface area contributed by atoms with Gasteiger partial charge in [0.1, 0.15) is 5.82 Å². The van der Waals surface area contributed by atoms with E-state index >= 15 is 0 Å². The topological polar surface area (TPSA) is 56.7 Å². The molecular formula is C16H12N4. The molecule has 96 valence electrons. The number of nitrogen functional groups attached to an aromatic ring is 1. The molecule has 0 saturated carbocycles. The number of benzene rings is 1. The smallest absolute Gasteiger partial charge is 0.137 e. The van der Waals surface area contributed by atoms with Crippen LogP contribution in [0, 0.1) is 0 Å². The van der Waals surface area contributed by atoms with Crippen molar-refractivity contribution in [2.24, 2.45) is 0 Å². The molecule has 0 bridgehead atoms. The van der Waals surface area contributed by atoms with Crippen LogP contribution in [0.15, 0.2) is 61.2 Å². The van der Waals surface area contributed by atoms with Gasteiger partial charge in [-0.1, -0.05) is 12.1 Å². The highest BCUT2D eigenvalue weighted by atomic mass is 15.1. The van der Waals surface area contributed by atoms with E-state index in [-0.39, 0.29) is 0 Å². The third-order valence-corrected chi connectivity index (χ3v) is 3.53. The third kappa shape index (κ3) is 1.55. The molecule has 0 aliphatic carbocycles. The summed E-state index contributed by atoms with van der Waals surface area (Å²) >= 11 is 0. The Morgan fingerprint density at radius 3 is 2.90 bits per heavy atom. The molecule has 4 aromatic rings. The molecule has 0 unspecified atom stereocenters. The Bertz CT molecular complexity index is 924. The van der Waals surface area contributed by atoms with Crippen molar-refractivity contribution in [2.45, 2.75) is 0 Å². The van der Waals surface area contributed by atoms with Crippen LogP contribution < -0.4 is 5.73 Å². The Morgan fingerprint density at radius 2 is 1.95 bits per heavy atom. The number of pyridine rings is 2. The minimum absolute atomic E-state index is 0.751. The zero-order valence-corrected chi connectivity index (χ0v) is 10.7. The van der Waals surface area contributed by atoms with E-state index in [2.05, 4.69) is 16.0 Å². The molecule has 0 aliphatic heterocycles. The van der Waals surface area contributed by atoms with E-state index < -0.39 is 0 Å². The second-order valence-corrected chi connectivity index (χ2v) is 4.73. The molecular weight excluding hydrogens is 248 g/mol. The van der Waals surface area contributed by atoms with Gasteiger partial charge < -0.3 is 5.73 Å². The average molecular weight is 260 g/mol. The summed E-state index contributed by atoms with van der Waals surface area (Å²) < 4.78 is 2.03. The standard InChI is InChI=1S/C16H12N4/c17-14-3-1-2-12-8-16(19-9-13(12)14)20-7-5-11-4-6-18-10-15(11)20/h1-10H,17H2. The van der Waals surface area contributed by atoms with Gasteiger partial charge in [-0.3, -0.25) is 9.55 Å². The Hall–Kier alpha value is -2.88. The lowest BCUT2D eigenvalue weighted by molar-refractivity contribution is 1.05. The Balaban J connectivity index is 1.98. The number of hydrogen-bond acceptors (Lipinski definition) is 3. The number of anilines is 1. The van der Waals surface area contributed by atoms with Crippen LogP contribution in [0.4, 0.5) is 5.69 Å². The average Bonchev–Trinajstić information content (AvgIpc) is 2.91. The molecule has 0 fully saturated rings. The minimum atomic E-state index is 0.751. The van der Waals surface area contributed by atoms with E-state index in [1.807, 2.05) is 53.5 Å². The monoisotopic (exact) mass is 260 g/mol. The summed E-state index contributed by atoms with van der Waals surface area (Å²) in [4.78, 5) is 8.69. The van der Waals surface area contributed by atoms with Gasteiger partial charge in [0, 0.05) is 35.1 Å². The summed E-state index contributed by atoms with van der Waals surface area (Å²) in [6, 6.07) is 12.0. The molecule has 0 atom stereocenters. The Labute approximate surface area is 115 Å². The van der Waals surface area contributed by atoms with Crippen molar-refractivity contribution in [3.8, 4) is 5.82 Å². The number of fused-ring (bicyclic) bond motifs is 2. The van der Waals surface area contributed by atoms with Crippen LogP contribution >= 0.6 is 0 Å².